The zero-order chi connectivity index (χ0) is 24.2. The lowest BCUT2D eigenvalue weighted by molar-refractivity contribution is -0.122. The molecule has 0 aliphatic carbocycles. The van der Waals surface area contributed by atoms with Crippen LogP contribution in [0, 0.1) is 0 Å². The molecule has 0 bridgehead atoms. The molecule has 1 amide bonds. The molecule has 2 aliphatic heterocycles. The molecule has 1 unspecified atom stereocenters. The van der Waals surface area contributed by atoms with Gasteiger partial charge in [-0.1, -0.05) is 30.3 Å². The highest BCUT2D eigenvalue weighted by atomic mass is 16.5. The second kappa shape index (κ2) is 10.2. The average molecular weight is 475 g/mol. The fourth-order valence-corrected chi connectivity index (χ4v) is 4.50. The number of amides is 1. The number of hydrogen-bond acceptors (Lipinski definition) is 8. The summed E-state index contributed by atoms with van der Waals surface area (Å²) in [5.74, 6) is 1.86. The molecule has 2 aliphatic rings. The lowest BCUT2D eigenvalue weighted by atomic mass is 10.0. The number of rotatable bonds is 6. The third-order valence-corrected chi connectivity index (χ3v) is 6.48. The van der Waals surface area contributed by atoms with Gasteiger partial charge in [0.2, 0.25) is 11.9 Å². The van der Waals surface area contributed by atoms with Crippen LogP contribution >= 0.6 is 0 Å². The van der Waals surface area contributed by atoms with Gasteiger partial charge in [-0.15, -0.1) is 0 Å². The number of fused-ring (bicyclic) bond motifs is 1. The van der Waals surface area contributed by atoms with E-state index >= 15 is 0 Å². The molecule has 1 aromatic heterocycles. The number of benzene rings is 2. The summed E-state index contributed by atoms with van der Waals surface area (Å²) in [6, 6.07) is 15.7. The van der Waals surface area contributed by atoms with Gasteiger partial charge in [-0.3, -0.25) is 4.79 Å². The first kappa shape index (κ1) is 22.9. The van der Waals surface area contributed by atoms with Crippen molar-refractivity contribution >= 4 is 29.0 Å². The third-order valence-electron chi connectivity index (χ3n) is 6.48. The summed E-state index contributed by atoms with van der Waals surface area (Å²) in [5, 5.41) is 6.31. The Bertz CT molecular complexity index is 1180. The summed E-state index contributed by atoms with van der Waals surface area (Å²) >= 11 is 0. The Hall–Kier alpha value is -3.85. The Balaban J connectivity index is 1.39. The topological polar surface area (TPSA) is 91.9 Å². The van der Waals surface area contributed by atoms with E-state index in [-0.39, 0.29) is 11.9 Å². The molecule has 35 heavy (non-hydrogen) atoms. The van der Waals surface area contributed by atoms with Gasteiger partial charge in [-0.25, -0.2) is 4.98 Å². The summed E-state index contributed by atoms with van der Waals surface area (Å²) in [5.41, 5.74) is 3.83. The van der Waals surface area contributed by atoms with Crippen molar-refractivity contribution in [2.24, 2.45) is 0 Å². The highest BCUT2D eigenvalue weighted by Crippen LogP contribution is 2.32. The number of hydrogen-bond donors (Lipinski definition) is 2. The molecule has 0 saturated carbocycles. The largest absolute Gasteiger partial charge is 0.494 e. The smallest absolute Gasteiger partial charge is 0.243 e. The maximum Gasteiger partial charge on any atom is 0.243 e. The van der Waals surface area contributed by atoms with Crippen molar-refractivity contribution in [3.8, 4) is 5.75 Å². The number of nitrogens with one attached hydrogen (secondary N) is 2. The van der Waals surface area contributed by atoms with Crippen molar-refractivity contribution in [2.45, 2.75) is 19.0 Å². The second-order valence-corrected chi connectivity index (χ2v) is 8.69. The summed E-state index contributed by atoms with van der Waals surface area (Å²) in [4.78, 5) is 26.4. The van der Waals surface area contributed by atoms with E-state index < -0.39 is 0 Å². The second-order valence-electron chi connectivity index (χ2n) is 8.69. The van der Waals surface area contributed by atoms with Gasteiger partial charge in [-0.2, -0.15) is 4.98 Å². The number of methoxy groups -OCH3 is 1. The quantitative estimate of drug-likeness (QED) is 0.564. The van der Waals surface area contributed by atoms with E-state index in [0.717, 1.165) is 54.6 Å². The van der Waals surface area contributed by atoms with E-state index in [1.54, 1.807) is 13.3 Å². The van der Waals surface area contributed by atoms with Crippen LogP contribution in [-0.4, -0.2) is 62.4 Å². The fraction of sp³-hybridized carbons (Fsp3) is 0.346. The molecule has 1 atom stereocenters. The normalized spacial score (nSPS) is 17.9. The predicted molar refractivity (Wildman–Crippen MR) is 136 cm³/mol. The molecule has 9 nitrogen and oxygen atoms in total. The van der Waals surface area contributed by atoms with Gasteiger partial charge in [0.25, 0.3) is 0 Å². The minimum atomic E-state index is -0.372. The van der Waals surface area contributed by atoms with Crippen molar-refractivity contribution in [2.75, 3.05) is 55.6 Å². The molecule has 3 heterocycles. The number of likely N-dealkylation sites (N-methyl/N-ethyl adjacent to an activating group) is 1. The molecule has 0 radical (unpaired) electrons. The maximum absolute atomic E-state index is 12.9. The predicted octanol–water partition coefficient (Wildman–Crippen LogP) is 2.74. The van der Waals surface area contributed by atoms with Crippen molar-refractivity contribution in [3.05, 3.63) is 65.9 Å². The van der Waals surface area contributed by atoms with Crippen molar-refractivity contribution in [1.82, 2.24) is 15.3 Å². The maximum atomic E-state index is 12.9. The lowest BCUT2D eigenvalue weighted by Gasteiger charge is -2.29. The minimum Gasteiger partial charge on any atom is -0.494 e. The van der Waals surface area contributed by atoms with Crippen LogP contribution in [0.1, 0.15) is 11.1 Å². The van der Waals surface area contributed by atoms with E-state index in [0.29, 0.717) is 24.7 Å². The van der Waals surface area contributed by atoms with Crippen molar-refractivity contribution < 1.29 is 14.3 Å². The summed E-state index contributed by atoms with van der Waals surface area (Å²) < 4.78 is 11.1. The fourth-order valence-electron chi connectivity index (χ4n) is 4.50. The SMILES string of the molecule is COc1cc(N2CCOCC2)ccc1Nc1ncc2c(n1)N(C)C(Cc1ccccc1)C(=O)NC2. The molecule has 0 spiro atoms. The Morgan fingerprint density at radius 1 is 1.17 bits per heavy atom. The molecule has 3 aromatic rings. The number of aromatic nitrogens is 2. The Labute approximate surface area is 205 Å². The highest BCUT2D eigenvalue weighted by Gasteiger charge is 2.30. The standard InChI is InChI=1S/C26H30N6O3/c1-31-22(14-18-6-4-3-5-7-18)25(33)27-16-19-17-28-26(30-24(19)31)29-21-9-8-20(15-23(21)34-2)32-10-12-35-13-11-32/h3-9,15,17,22H,10-14,16H2,1-2H3,(H,27,33)(H,28,29,30). The number of carbonyl (C=O) groups is 1. The van der Waals surface area contributed by atoms with E-state index in [9.17, 15) is 4.79 Å². The highest BCUT2D eigenvalue weighted by molar-refractivity contribution is 5.86. The Morgan fingerprint density at radius 3 is 2.74 bits per heavy atom. The number of anilines is 4. The molecular formula is C26H30N6O3. The molecule has 1 fully saturated rings. The van der Waals surface area contributed by atoms with E-state index in [2.05, 4.69) is 26.6 Å². The molecule has 2 aromatic carbocycles. The van der Waals surface area contributed by atoms with Gasteiger partial charge in [0.15, 0.2) is 0 Å². The first-order chi connectivity index (χ1) is 17.1. The number of ether oxygens (including phenoxy) is 2. The van der Waals surface area contributed by atoms with Gasteiger partial charge in [0.1, 0.15) is 17.6 Å². The van der Waals surface area contributed by atoms with Gasteiger partial charge < -0.3 is 29.9 Å². The zero-order valence-corrected chi connectivity index (χ0v) is 20.0. The Morgan fingerprint density at radius 2 is 1.97 bits per heavy atom. The monoisotopic (exact) mass is 474 g/mol. The first-order valence-electron chi connectivity index (χ1n) is 11.8. The van der Waals surface area contributed by atoms with Crippen LogP contribution in [0.4, 0.5) is 23.1 Å². The molecule has 5 rings (SSSR count). The zero-order valence-electron chi connectivity index (χ0n) is 20.0. The number of morpholine rings is 1. The molecule has 182 valence electrons. The number of nitrogens with zero attached hydrogens (tertiary/aromatic N) is 4. The third kappa shape index (κ3) is 5.00. The van der Waals surface area contributed by atoms with Gasteiger partial charge >= 0.3 is 0 Å². The summed E-state index contributed by atoms with van der Waals surface area (Å²) in [7, 11) is 3.56. The average Bonchev–Trinajstić information content (AvgIpc) is 3.02. The summed E-state index contributed by atoms with van der Waals surface area (Å²) in [6.07, 6.45) is 2.35. The van der Waals surface area contributed by atoms with Gasteiger partial charge in [0, 0.05) is 56.6 Å². The van der Waals surface area contributed by atoms with Gasteiger partial charge in [0.05, 0.1) is 26.0 Å². The van der Waals surface area contributed by atoms with Crippen molar-refractivity contribution in [3.63, 3.8) is 0 Å². The van der Waals surface area contributed by atoms with Crippen LogP contribution in [0.25, 0.3) is 0 Å². The van der Waals surface area contributed by atoms with E-state index in [4.69, 9.17) is 14.5 Å². The van der Waals surface area contributed by atoms with Crippen LogP contribution < -0.4 is 25.2 Å². The Kier molecular flexibility index (Phi) is 6.67. The molecular weight excluding hydrogens is 444 g/mol. The molecule has 2 N–H and O–H groups in total. The molecule has 9 heteroatoms. The van der Waals surface area contributed by atoms with Crippen LogP contribution in [0.3, 0.4) is 0 Å². The van der Waals surface area contributed by atoms with Crippen LogP contribution in [0.2, 0.25) is 0 Å². The summed E-state index contributed by atoms with van der Waals surface area (Å²) in [6.45, 7) is 3.55. The molecule has 1 saturated heterocycles. The van der Waals surface area contributed by atoms with E-state index in [1.165, 1.54) is 0 Å². The van der Waals surface area contributed by atoms with Crippen LogP contribution in [0.5, 0.6) is 5.75 Å². The first-order valence-corrected chi connectivity index (χ1v) is 11.8. The number of carbonyl (C=O) groups excluding carboxylic acids is 1. The van der Waals surface area contributed by atoms with Crippen LogP contribution in [-0.2, 0) is 22.5 Å². The van der Waals surface area contributed by atoms with E-state index in [1.807, 2.05) is 54.4 Å². The lowest BCUT2D eigenvalue weighted by Crippen LogP contribution is -2.44. The van der Waals surface area contributed by atoms with Gasteiger partial charge in [-0.05, 0) is 17.7 Å². The van der Waals surface area contributed by atoms with Crippen LogP contribution in [0.15, 0.2) is 54.7 Å². The van der Waals surface area contributed by atoms with Crippen molar-refractivity contribution in [1.29, 1.82) is 0 Å². The minimum absolute atomic E-state index is 0.0239.